The second-order valence-electron chi connectivity index (χ2n) is 5.23. The van der Waals surface area contributed by atoms with Gasteiger partial charge in [0, 0.05) is 12.8 Å². The first-order chi connectivity index (χ1) is 8.18. The highest BCUT2D eigenvalue weighted by Gasteiger charge is 2.29. The van der Waals surface area contributed by atoms with Crippen LogP contribution in [0.2, 0.25) is 0 Å². The largest absolute Gasteiger partial charge is 0.491 e. The van der Waals surface area contributed by atoms with Crippen LogP contribution in [0.15, 0.2) is 30.3 Å². The Kier molecular flexibility index (Phi) is 4.02. The average Bonchev–Trinajstić information content (AvgIpc) is 2.74. The molecule has 1 N–H and O–H groups in total. The highest BCUT2D eigenvalue weighted by molar-refractivity contribution is 5.20. The van der Waals surface area contributed by atoms with Crippen molar-refractivity contribution < 1.29 is 14.3 Å². The number of benzene rings is 1. The third-order valence-corrected chi connectivity index (χ3v) is 3.48. The molecular formula is C14H22NO2+. The molecule has 0 saturated carbocycles. The molecule has 1 aliphatic rings. The highest BCUT2D eigenvalue weighted by atomic mass is 16.5. The molecule has 1 heterocycles. The van der Waals surface area contributed by atoms with E-state index in [2.05, 4.69) is 7.05 Å². The number of rotatable bonds is 5. The van der Waals surface area contributed by atoms with E-state index >= 15 is 0 Å². The van der Waals surface area contributed by atoms with E-state index in [1.807, 2.05) is 30.3 Å². The summed E-state index contributed by atoms with van der Waals surface area (Å²) in [7, 11) is 2.22. The molecule has 3 nitrogen and oxygen atoms in total. The average molecular weight is 236 g/mol. The summed E-state index contributed by atoms with van der Waals surface area (Å²) < 4.78 is 6.55. The highest BCUT2D eigenvalue weighted by Crippen LogP contribution is 2.17. The summed E-state index contributed by atoms with van der Waals surface area (Å²) in [5.74, 6) is 0.829. The van der Waals surface area contributed by atoms with Crippen molar-refractivity contribution in [3.63, 3.8) is 0 Å². The second kappa shape index (κ2) is 5.52. The van der Waals surface area contributed by atoms with Gasteiger partial charge in [-0.05, 0) is 12.1 Å². The van der Waals surface area contributed by atoms with Crippen molar-refractivity contribution in [1.29, 1.82) is 0 Å². The minimum Gasteiger partial charge on any atom is -0.491 e. The Labute approximate surface area is 103 Å². The van der Waals surface area contributed by atoms with E-state index in [1.54, 1.807) is 0 Å². The number of nitrogens with zero attached hydrogens (tertiary/aromatic N) is 1. The van der Waals surface area contributed by atoms with Crippen molar-refractivity contribution in [2.24, 2.45) is 0 Å². The van der Waals surface area contributed by atoms with Crippen molar-refractivity contribution in [2.45, 2.75) is 18.9 Å². The number of quaternary nitrogens is 1. The molecule has 17 heavy (non-hydrogen) atoms. The lowest BCUT2D eigenvalue weighted by Crippen LogP contribution is -2.47. The summed E-state index contributed by atoms with van der Waals surface area (Å²) in [6, 6.07) is 9.67. The summed E-state index contributed by atoms with van der Waals surface area (Å²) in [4.78, 5) is 0. The number of hydrogen-bond donors (Lipinski definition) is 1. The molecule has 0 aliphatic carbocycles. The third-order valence-electron chi connectivity index (χ3n) is 3.48. The van der Waals surface area contributed by atoms with Crippen molar-refractivity contribution >= 4 is 0 Å². The van der Waals surface area contributed by atoms with Crippen molar-refractivity contribution in [3.8, 4) is 5.75 Å². The Hall–Kier alpha value is -1.06. The summed E-state index contributed by atoms with van der Waals surface area (Å²) in [6.07, 6.45) is 2.18. The summed E-state index contributed by atoms with van der Waals surface area (Å²) in [5, 5.41) is 10.00. The maximum atomic E-state index is 10.00. The van der Waals surface area contributed by atoms with Gasteiger partial charge in [0.25, 0.3) is 0 Å². The number of para-hydroxylation sites is 1. The molecule has 3 heteroatoms. The predicted molar refractivity (Wildman–Crippen MR) is 68.0 cm³/mol. The van der Waals surface area contributed by atoms with Crippen LogP contribution in [0, 0.1) is 0 Å². The Balaban J connectivity index is 1.76. The van der Waals surface area contributed by atoms with Gasteiger partial charge >= 0.3 is 0 Å². The molecule has 0 radical (unpaired) electrons. The number of aliphatic hydroxyl groups is 1. The Morgan fingerprint density at radius 3 is 2.53 bits per heavy atom. The van der Waals surface area contributed by atoms with E-state index < -0.39 is 0 Å². The lowest BCUT2D eigenvalue weighted by molar-refractivity contribution is -0.900. The summed E-state index contributed by atoms with van der Waals surface area (Å²) in [6.45, 7) is 3.55. The maximum absolute atomic E-state index is 10.00. The van der Waals surface area contributed by atoms with Gasteiger partial charge in [-0.3, -0.25) is 0 Å². The van der Waals surface area contributed by atoms with Gasteiger partial charge in [0.05, 0.1) is 20.1 Å². The number of ether oxygens (including phenoxy) is 1. The molecule has 1 aromatic rings. The molecule has 2 rings (SSSR count). The van der Waals surface area contributed by atoms with Crippen LogP contribution in [0.4, 0.5) is 0 Å². The minimum absolute atomic E-state index is 0.377. The van der Waals surface area contributed by atoms with Crippen LogP contribution in [0.25, 0.3) is 0 Å². The SMILES string of the molecule is C[N+]1(C[C@H](O)COc2ccccc2)CCCC1. The van der Waals surface area contributed by atoms with Crippen molar-refractivity contribution in [2.75, 3.05) is 33.3 Å². The normalized spacial score (nSPS) is 20.1. The zero-order valence-electron chi connectivity index (χ0n) is 10.5. The minimum atomic E-state index is -0.377. The Morgan fingerprint density at radius 1 is 1.24 bits per heavy atom. The lowest BCUT2D eigenvalue weighted by atomic mass is 10.3. The predicted octanol–water partition coefficient (Wildman–Crippen LogP) is 1.67. The van der Waals surface area contributed by atoms with E-state index in [-0.39, 0.29) is 6.10 Å². The van der Waals surface area contributed by atoms with Gasteiger partial charge in [-0.2, -0.15) is 0 Å². The molecule has 0 spiro atoms. The van der Waals surface area contributed by atoms with Gasteiger partial charge < -0.3 is 14.3 Å². The molecule has 1 fully saturated rings. The fraction of sp³-hybridized carbons (Fsp3) is 0.571. The number of hydrogen-bond acceptors (Lipinski definition) is 2. The molecule has 94 valence electrons. The smallest absolute Gasteiger partial charge is 0.137 e. The lowest BCUT2D eigenvalue weighted by Gasteiger charge is -2.31. The van der Waals surface area contributed by atoms with E-state index in [1.165, 1.54) is 25.9 Å². The van der Waals surface area contributed by atoms with Crippen LogP contribution in [0.5, 0.6) is 5.75 Å². The van der Waals surface area contributed by atoms with Gasteiger partial charge in [0.15, 0.2) is 0 Å². The topological polar surface area (TPSA) is 29.5 Å². The Bertz CT molecular complexity index is 333. The fourth-order valence-corrected chi connectivity index (χ4v) is 2.55. The molecule has 1 aromatic carbocycles. The molecule has 0 amide bonds. The van der Waals surface area contributed by atoms with Crippen LogP contribution in [0.1, 0.15) is 12.8 Å². The summed E-state index contributed by atoms with van der Waals surface area (Å²) >= 11 is 0. The number of likely N-dealkylation sites (N-methyl/N-ethyl adjacent to an activating group) is 1. The Morgan fingerprint density at radius 2 is 1.88 bits per heavy atom. The van der Waals surface area contributed by atoms with Gasteiger partial charge in [-0.15, -0.1) is 0 Å². The maximum Gasteiger partial charge on any atom is 0.137 e. The number of likely N-dealkylation sites (tertiary alicyclic amines) is 1. The standard InChI is InChI=1S/C14H22NO2/c1-15(9-5-6-10-15)11-13(16)12-17-14-7-3-2-4-8-14/h2-4,7-8,13,16H,5-6,9-12H2,1H3/q+1/t13-/m0/s1. The number of aliphatic hydroxyl groups excluding tert-OH is 1. The molecule has 0 bridgehead atoms. The van der Waals surface area contributed by atoms with Crippen LogP contribution in [-0.2, 0) is 0 Å². The molecule has 0 unspecified atom stereocenters. The van der Waals surface area contributed by atoms with Gasteiger partial charge in [0.1, 0.15) is 25.0 Å². The molecule has 1 aliphatic heterocycles. The molecular weight excluding hydrogens is 214 g/mol. The zero-order valence-corrected chi connectivity index (χ0v) is 10.5. The monoisotopic (exact) mass is 236 g/mol. The third kappa shape index (κ3) is 3.72. The first kappa shape index (κ1) is 12.4. The van der Waals surface area contributed by atoms with Crippen molar-refractivity contribution in [1.82, 2.24) is 0 Å². The quantitative estimate of drug-likeness (QED) is 0.788. The van der Waals surface area contributed by atoms with Crippen LogP contribution < -0.4 is 4.74 Å². The summed E-state index contributed by atoms with van der Waals surface area (Å²) in [5.41, 5.74) is 0. The van der Waals surface area contributed by atoms with Gasteiger partial charge in [-0.1, -0.05) is 18.2 Å². The second-order valence-corrected chi connectivity index (χ2v) is 5.23. The zero-order chi connectivity index (χ0) is 12.1. The van der Waals surface area contributed by atoms with Crippen molar-refractivity contribution in [3.05, 3.63) is 30.3 Å². The van der Waals surface area contributed by atoms with E-state index in [9.17, 15) is 5.11 Å². The van der Waals surface area contributed by atoms with E-state index in [0.717, 1.165) is 16.8 Å². The van der Waals surface area contributed by atoms with E-state index in [0.29, 0.717) is 6.61 Å². The van der Waals surface area contributed by atoms with E-state index in [4.69, 9.17) is 4.74 Å². The molecule has 1 atom stereocenters. The van der Waals surface area contributed by atoms with Crippen LogP contribution >= 0.6 is 0 Å². The first-order valence-corrected chi connectivity index (χ1v) is 6.37. The fourth-order valence-electron chi connectivity index (χ4n) is 2.55. The molecule has 0 aromatic heterocycles. The van der Waals surface area contributed by atoms with Crippen LogP contribution in [0.3, 0.4) is 0 Å². The van der Waals surface area contributed by atoms with Gasteiger partial charge in [0.2, 0.25) is 0 Å². The first-order valence-electron chi connectivity index (χ1n) is 6.37. The molecule has 1 saturated heterocycles. The van der Waals surface area contributed by atoms with Crippen LogP contribution in [-0.4, -0.2) is 49.0 Å². The van der Waals surface area contributed by atoms with Gasteiger partial charge in [-0.25, -0.2) is 0 Å².